The molecule has 5 heteroatoms. The average Bonchev–Trinajstić information content (AvgIpc) is 2.82. The Morgan fingerprint density at radius 1 is 1.30 bits per heavy atom. The minimum Gasteiger partial charge on any atom is -0.431 e. The first-order valence-electron chi connectivity index (χ1n) is 6.46. The second-order valence-corrected chi connectivity index (χ2v) is 4.79. The zero-order chi connectivity index (χ0) is 14.3. The number of carbonyl (C=O) groups excluding carboxylic acids is 1. The summed E-state index contributed by atoms with van der Waals surface area (Å²) in [5, 5.41) is 0.614. The fourth-order valence-corrected chi connectivity index (χ4v) is 2.55. The summed E-state index contributed by atoms with van der Waals surface area (Å²) >= 11 is 0. The third-order valence-electron chi connectivity index (χ3n) is 3.44. The number of hydrogen-bond acceptors (Lipinski definition) is 4. The molecule has 20 heavy (non-hydrogen) atoms. The summed E-state index contributed by atoms with van der Waals surface area (Å²) in [7, 11) is 0. The number of esters is 1. The van der Waals surface area contributed by atoms with Crippen molar-refractivity contribution in [3.63, 3.8) is 0 Å². The zero-order valence-corrected chi connectivity index (χ0v) is 11.3. The van der Waals surface area contributed by atoms with Crippen LogP contribution >= 0.6 is 0 Å². The molecule has 0 unspecified atom stereocenters. The van der Waals surface area contributed by atoms with E-state index in [9.17, 15) is 9.59 Å². The molecule has 3 rings (SSSR count). The minimum atomic E-state index is -0.364. The third-order valence-corrected chi connectivity index (χ3v) is 3.44. The zero-order valence-electron chi connectivity index (χ0n) is 11.3. The molecule has 0 saturated carbocycles. The SMILES string of the molecule is CC(=O)O/C(C)=C1/CCn2c1nc1ccccc1c2=O. The van der Waals surface area contributed by atoms with Crippen LogP contribution in [0.5, 0.6) is 0 Å². The molecule has 0 atom stereocenters. The monoisotopic (exact) mass is 270 g/mol. The van der Waals surface area contributed by atoms with E-state index in [4.69, 9.17) is 4.74 Å². The van der Waals surface area contributed by atoms with Gasteiger partial charge in [0.1, 0.15) is 11.6 Å². The highest BCUT2D eigenvalue weighted by Gasteiger charge is 2.23. The van der Waals surface area contributed by atoms with Crippen LogP contribution in [0.1, 0.15) is 26.1 Å². The molecular formula is C15H14N2O3. The summed E-state index contributed by atoms with van der Waals surface area (Å²) in [6, 6.07) is 7.27. The van der Waals surface area contributed by atoms with Crippen molar-refractivity contribution >= 4 is 22.4 Å². The first-order chi connectivity index (χ1) is 9.58. The quantitative estimate of drug-likeness (QED) is 0.588. The van der Waals surface area contributed by atoms with E-state index >= 15 is 0 Å². The fraction of sp³-hybridized carbons (Fsp3) is 0.267. The number of ether oxygens (including phenoxy) is 1. The lowest BCUT2D eigenvalue weighted by Crippen LogP contribution is -2.20. The highest BCUT2D eigenvalue weighted by atomic mass is 16.5. The maximum Gasteiger partial charge on any atom is 0.307 e. The Morgan fingerprint density at radius 2 is 2.05 bits per heavy atom. The summed E-state index contributed by atoms with van der Waals surface area (Å²) in [5.41, 5.74) is 1.44. The van der Waals surface area contributed by atoms with Crippen LogP contribution in [0.15, 0.2) is 34.8 Å². The van der Waals surface area contributed by atoms with Crippen molar-refractivity contribution < 1.29 is 9.53 Å². The molecule has 0 fully saturated rings. The van der Waals surface area contributed by atoms with E-state index in [1.54, 1.807) is 17.6 Å². The molecule has 102 valence electrons. The molecule has 0 bridgehead atoms. The van der Waals surface area contributed by atoms with Gasteiger partial charge in [0, 0.05) is 19.0 Å². The summed E-state index contributed by atoms with van der Waals surface area (Å²) in [6.07, 6.45) is 0.650. The number of carbonyl (C=O) groups is 1. The summed E-state index contributed by atoms with van der Waals surface area (Å²) in [6.45, 7) is 3.66. The van der Waals surface area contributed by atoms with Crippen LogP contribution in [0.25, 0.3) is 16.5 Å². The molecule has 1 aromatic heterocycles. The van der Waals surface area contributed by atoms with Gasteiger partial charge in [-0.2, -0.15) is 0 Å². The highest BCUT2D eigenvalue weighted by Crippen LogP contribution is 2.28. The molecule has 0 aliphatic carbocycles. The van der Waals surface area contributed by atoms with Gasteiger partial charge in [0.25, 0.3) is 5.56 Å². The van der Waals surface area contributed by atoms with E-state index in [1.807, 2.05) is 18.2 Å². The van der Waals surface area contributed by atoms with E-state index in [0.29, 0.717) is 35.5 Å². The van der Waals surface area contributed by atoms with Gasteiger partial charge in [0.2, 0.25) is 0 Å². The first-order valence-corrected chi connectivity index (χ1v) is 6.46. The van der Waals surface area contributed by atoms with Crippen molar-refractivity contribution in [3.8, 4) is 0 Å². The lowest BCUT2D eigenvalue weighted by Gasteiger charge is -2.07. The maximum absolute atomic E-state index is 12.4. The van der Waals surface area contributed by atoms with E-state index in [0.717, 1.165) is 5.57 Å². The van der Waals surface area contributed by atoms with Crippen molar-refractivity contribution in [2.45, 2.75) is 26.8 Å². The molecule has 0 N–H and O–H groups in total. The van der Waals surface area contributed by atoms with Gasteiger partial charge in [0.05, 0.1) is 10.9 Å². The second-order valence-electron chi connectivity index (χ2n) is 4.79. The van der Waals surface area contributed by atoms with Gasteiger partial charge in [-0.15, -0.1) is 0 Å². The predicted octanol–water partition coefficient (Wildman–Crippen LogP) is 2.09. The smallest absolute Gasteiger partial charge is 0.307 e. The highest BCUT2D eigenvalue weighted by molar-refractivity contribution is 5.80. The van der Waals surface area contributed by atoms with Crippen molar-refractivity contribution in [1.29, 1.82) is 0 Å². The fourth-order valence-electron chi connectivity index (χ4n) is 2.55. The molecule has 1 aromatic carbocycles. The number of aromatic nitrogens is 2. The molecule has 5 nitrogen and oxygen atoms in total. The van der Waals surface area contributed by atoms with Gasteiger partial charge in [-0.25, -0.2) is 4.98 Å². The Bertz CT molecular complexity index is 802. The minimum absolute atomic E-state index is 0.0452. The first kappa shape index (κ1) is 12.6. The lowest BCUT2D eigenvalue weighted by atomic mass is 10.2. The lowest BCUT2D eigenvalue weighted by molar-refractivity contribution is -0.136. The Morgan fingerprint density at radius 3 is 2.80 bits per heavy atom. The van der Waals surface area contributed by atoms with Crippen molar-refractivity contribution in [3.05, 3.63) is 46.2 Å². The van der Waals surface area contributed by atoms with Crippen LogP contribution < -0.4 is 5.56 Å². The third kappa shape index (κ3) is 1.91. The normalized spacial score (nSPS) is 16.1. The molecule has 2 heterocycles. The Hall–Kier alpha value is -2.43. The number of allylic oxidation sites excluding steroid dienone is 2. The van der Waals surface area contributed by atoms with E-state index in [-0.39, 0.29) is 11.5 Å². The molecule has 0 spiro atoms. The molecule has 1 aliphatic heterocycles. The van der Waals surface area contributed by atoms with Crippen LogP contribution in [0.4, 0.5) is 0 Å². The topological polar surface area (TPSA) is 61.2 Å². The average molecular weight is 270 g/mol. The second kappa shape index (κ2) is 4.59. The molecule has 0 radical (unpaired) electrons. The van der Waals surface area contributed by atoms with Gasteiger partial charge in [0.15, 0.2) is 0 Å². The maximum atomic E-state index is 12.4. The number of hydrogen-bond donors (Lipinski definition) is 0. The number of nitrogens with zero attached hydrogens (tertiary/aromatic N) is 2. The van der Waals surface area contributed by atoms with Crippen molar-refractivity contribution in [2.24, 2.45) is 0 Å². The van der Waals surface area contributed by atoms with Gasteiger partial charge >= 0.3 is 5.97 Å². The van der Waals surface area contributed by atoms with Gasteiger partial charge < -0.3 is 4.74 Å². The van der Waals surface area contributed by atoms with Crippen LogP contribution in [0.3, 0.4) is 0 Å². The molecule has 2 aromatic rings. The number of benzene rings is 1. The Kier molecular flexibility index (Phi) is 2.89. The number of para-hydroxylation sites is 1. The summed E-state index contributed by atoms with van der Waals surface area (Å²) < 4.78 is 6.77. The van der Waals surface area contributed by atoms with Gasteiger partial charge in [-0.05, 0) is 25.5 Å². The molecule has 0 saturated heterocycles. The Labute approximate surface area is 115 Å². The van der Waals surface area contributed by atoms with Gasteiger partial charge in [-0.1, -0.05) is 12.1 Å². The van der Waals surface area contributed by atoms with E-state index in [1.165, 1.54) is 6.92 Å². The summed E-state index contributed by atoms with van der Waals surface area (Å²) in [4.78, 5) is 28.0. The van der Waals surface area contributed by atoms with E-state index < -0.39 is 0 Å². The molecule has 1 aliphatic rings. The van der Waals surface area contributed by atoms with Crippen LogP contribution in [0.2, 0.25) is 0 Å². The summed E-state index contributed by atoms with van der Waals surface area (Å²) in [5.74, 6) is 0.759. The number of fused-ring (bicyclic) bond motifs is 2. The molecular weight excluding hydrogens is 256 g/mol. The van der Waals surface area contributed by atoms with Crippen molar-refractivity contribution in [2.75, 3.05) is 0 Å². The largest absolute Gasteiger partial charge is 0.431 e. The van der Waals surface area contributed by atoms with Crippen LogP contribution in [-0.2, 0) is 16.1 Å². The number of rotatable bonds is 1. The van der Waals surface area contributed by atoms with Crippen molar-refractivity contribution in [1.82, 2.24) is 9.55 Å². The Balaban J connectivity index is 2.24. The van der Waals surface area contributed by atoms with Crippen LogP contribution in [-0.4, -0.2) is 15.5 Å². The predicted molar refractivity (Wildman–Crippen MR) is 75.0 cm³/mol. The van der Waals surface area contributed by atoms with Gasteiger partial charge in [-0.3, -0.25) is 14.2 Å². The standard InChI is InChI=1S/C15H14N2O3/c1-9(20-10(2)18)11-7-8-17-14(11)16-13-6-4-3-5-12(13)15(17)19/h3-6H,7-8H2,1-2H3/b11-9-. The molecule has 0 amide bonds. The van der Waals surface area contributed by atoms with Crippen LogP contribution in [0, 0.1) is 0 Å². The van der Waals surface area contributed by atoms with E-state index in [2.05, 4.69) is 4.98 Å².